The third-order valence-electron chi connectivity index (χ3n) is 3.11. The molecule has 0 radical (unpaired) electrons. The van der Waals surface area contributed by atoms with Crippen LogP contribution in [0, 0.1) is 0 Å². The first-order valence-electron chi connectivity index (χ1n) is 6.11. The Morgan fingerprint density at radius 3 is 2.67 bits per heavy atom. The van der Waals surface area contributed by atoms with E-state index in [1.165, 1.54) is 15.2 Å². The highest BCUT2D eigenvalue weighted by molar-refractivity contribution is 5.87. The van der Waals surface area contributed by atoms with Gasteiger partial charge in [-0.2, -0.15) is 0 Å². The SMILES string of the molecule is Cn1ccn(-c2ccccc2-c2cc(C(=O)O)no2)c1=O. The van der Waals surface area contributed by atoms with Crippen LogP contribution in [0.4, 0.5) is 0 Å². The molecule has 21 heavy (non-hydrogen) atoms. The van der Waals surface area contributed by atoms with E-state index in [-0.39, 0.29) is 11.4 Å². The summed E-state index contributed by atoms with van der Waals surface area (Å²) in [5.41, 5.74) is 0.794. The third-order valence-corrected chi connectivity index (χ3v) is 3.11. The highest BCUT2D eigenvalue weighted by atomic mass is 16.5. The number of benzene rings is 1. The fourth-order valence-corrected chi connectivity index (χ4v) is 2.04. The number of aromatic carboxylic acids is 1. The summed E-state index contributed by atoms with van der Waals surface area (Å²) >= 11 is 0. The van der Waals surface area contributed by atoms with E-state index >= 15 is 0 Å². The minimum absolute atomic E-state index is 0.180. The van der Waals surface area contributed by atoms with Gasteiger partial charge in [-0.25, -0.2) is 9.59 Å². The molecule has 3 rings (SSSR count). The molecule has 0 atom stereocenters. The van der Waals surface area contributed by atoms with Crippen molar-refractivity contribution in [2.24, 2.45) is 7.05 Å². The van der Waals surface area contributed by atoms with Crippen LogP contribution in [-0.2, 0) is 7.05 Å². The zero-order valence-electron chi connectivity index (χ0n) is 11.1. The monoisotopic (exact) mass is 285 g/mol. The van der Waals surface area contributed by atoms with Crippen LogP contribution >= 0.6 is 0 Å². The Bertz CT molecular complexity index is 872. The van der Waals surface area contributed by atoms with Crippen molar-refractivity contribution in [1.82, 2.24) is 14.3 Å². The number of hydrogen-bond acceptors (Lipinski definition) is 4. The van der Waals surface area contributed by atoms with Gasteiger partial charge in [0.25, 0.3) is 0 Å². The van der Waals surface area contributed by atoms with Gasteiger partial charge in [-0.3, -0.25) is 4.57 Å². The molecule has 2 aromatic heterocycles. The summed E-state index contributed by atoms with van der Waals surface area (Å²) < 4.78 is 7.97. The number of aryl methyl sites for hydroxylation is 1. The first kappa shape index (κ1) is 12.9. The molecule has 0 aliphatic heterocycles. The molecule has 0 saturated carbocycles. The number of carboxylic acid groups (broad SMARTS) is 1. The van der Waals surface area contributed by atoms with Crippen LogP contribution in [0.3, 0.4) is 0 Å². The smallest absolute Gasteiger partial charge is 0.358 e. The summed E-state index contributed by atoms with van der Waals surface area (Å²) in [7, 11) is 1.65. The number of rotatable bonds is 3. The molecule has 0 amide bonds. The maximum Gasteiger partial charge on any atom is 0.358 e. The molecule has 1 aromatic carbocycles. The van der Waals surface area contributed by atoms with Gasteiger partial charge in [0, 0.05) is 31.1 Å². The molecule has 7 heteroatoms. The predicted molar refractivity (Wildman–Crippen MR) is 73.5 cm³/mol. The topological polar surface area (TPSA) is 90.3 Å². The lowest BCUT2D eigenvalue weighted by Gasteiger charge is -2.06. The third kappa shape index (κ3) is 2.14. The maximum atomic E-state index is 12.1. The summed E-state index contributed by atoms with van der Waals surface area (Å²) in [5.74, 6) is -0.877. The zero-order valence-corrected chi connectivity index (χ0v) is 11.1. The van der Waals surface area contributed by atoms with Crippen molar-refractivity contribution in [3.05, 3.63) is 58.9 Å². The number of carboxylic acids is 1. The summed E-state index contributed by atoms with van der Waals surface area (Å²) in [6.07, 6.45) is 3.28. The van der Waals surface area contributed by atoms with E-state index in [2.05, 4.69) is 5.16 Å². The molecule has 2 heterocycles. The largest absolute Gasteiger partial charge is 0.476 e. The average molecular weight is 285 g/mol. The lowest BCUT2D eigenvalue weighted by Crippen LogP contribution is -2.20. The van der Waals surface area contributed by atoms with Crippen LogP contribution in [0.5, 0.6) is 0 Å². The van der Waals surface area contributed by atoms with Gasteiger partial charge in [0.05, 0.1) is 5.69 Å². The van der Waals surface area contributed by atoms with Gasteiger partial charge in [-0.15, -0.1) is 0 Å². The fourth-order valence-electron chi connectivity index (χ4n) is 2.04. The molecular formula is C14H11N3O4. The molecule has 1 N–H and O–H groups in total. The second-order valence-corrected chi connectivity index (χ2v) is 4.46. The molecule has 0 bridgehead atoms. The molecule has 0 spiro atoms. The van der Waals surface area contributed by atoms with Crippen LogP contribution in [0.1, 0.15) is 10.5 Å². The van der Waals surface area contributed by atoms with Crippen LogP contribution in [0.25, 0.3) is 17.0 Å². The van der Waals surface area contributed by atoms with Gasteiger partial charge in [0.1, 0.15) is 0 Å². The second kappa shape index (κ2) is 4.78. The average Bonchev–Trinajstić information content (AvgIpc) is 3.08. The molecule has 0 fully saturated rings. The number of carbonyl (C=O) groups is 1. The summed E-state index contributed by atoms with van der Waals surface area (Å²) in [5, 5.41) is 12.4. The minimum atomic E-state index is -1.17. The zero-order chi connectivity index (χ0) is 15.0. The highest BCUT2D eigenvalue weighted by Gasteiger charge is 2.16. The van der Waals surface area contributed by atoms with Crippen molar-refractivity contribution in [2.45, 2.75) is 0 Å². The first-order chi connectivity index (χ1) is 10.1. The molecule has 7 nitrogen and oxygen atoms in total. The molecular weight excluding hydrogens is 274 g/mol. The molecule has 0 aliphatic carbocycles. The molecule has 106 valence electrons. The second-order valence-electron chi connectivity index (χ2n) is 4.46. The summed E-state index contributed by atoms with van der Waals surface area (Å²) in [4.78, 5) is 22.9. The number of aromatic nitrogens is 3. The van der Waals surface area contributed by atoms with Gasteiger partial charge >= 0.3 is 11.7 Å². The summed E-state index contributed by atoms with van der Waals surface area (Å²) in [6, 6.07) is 8.37. The van der Waals surface area contributed by atoms with Crippen LogP contribution in [0.2, 0.25) is 0 Å². The van der Waals surface area contributed by atoms with Crippen LogP contribution < -0.4 is 5.69 Å². The lowest BCUT2D eigenvalue weighted by atomic mass is 10.1. The highest BCUT2D eigenvalue weighted by Crippen LogP contribution is 2.26. The van der Waals surface area contributed by atoms with Crippen molar-refractivity contribution in [2.75, 3.05) is 0 Å². The predicted octanol–water partition coefficient (Wildman–Crippen LogP) is 1.53. The summed E-state index contributed by atoms with van der Waals surface area (Å²) in [6.45, 7) is 0. The van der Waals surface area contributed by atoms with E-state index in [4.69, 9.17) is 9.63 Å². The lowest BCUT2D eigenvalue weighted by molar-refractivity contribution is 0.0686. The van der Waals surface area contributed by atoms with E-state index in [1.807, 2.05) is 0 Å². The minimum Gasteiger partial charge on any atom is -0.476 e. The molecule has 0 unspecified atom stereocenters. The Kier molecular flexibility index (Phi) is 2.94. The van der Waals surface area contributed by atoms with Gasteiger partial charge in [0.2, 0.25) is 0 Å². The molecule has 0 saturated heterocycles. The van der Waals surface area contributed by atoms with Crippen molar-refractivity contribution >= 4 is 5.97 Å². The van der Waals surface area contributed by atoms with Gasteiger partial charge < -0.3 is 14.2 Å². The molecule has 3 aromatic rings. The Morgan fingerprint density at radius 1 is 1.29 bits per heavy atom. The first-order valence-corrected chi connectivity index (χ1v) is 6.11. The van der Waals surface area contributed by atoms with E-state index in [0.29, 0.717) is 17.0 Å². The Balaban J connectivity index is 2.18. The Hall–Kier alpha value is -3.09. The van der Waals surface area contributed by atoms with Crippen molar-refractivity contribution in [3.8, 4) is 17.0 Å². The Labute approximate surface area is 118 Å². The van der Waals surface area contributed by atoms with E-state index < -0.39 is 5.97 Å². The van der Waals surface area contributed by atoms with E-state index in [9.17, 15) is 9.59 Å². The standard InChI is InChI=1S/C14H11N3O4/c1-16-6-7-17(14(16)20)11-5-3-2-4-9(11)12-8-10(13(18)19)15-21-12/h2-8H,1H3,(H,18,19). The number of imidazole rings is 1. The van der Waals surface area contributed by atoms with Crippen molar-refractivity contribution in [1.29, 1.82) is 0 Å². The van der Waals surface area contributed by atoms with Gasteiger partial charge in [0.15, 0.2) is 11.5 Å². The quantitative estimate of drug-likeness (QED) is 0.788. The van der Waals surface area contributed by atoms with E-state index in [0.717, 1.165) is 0 Å². The van der Waals surface area contributed by atoms with Crippen LogP contribution in [-0.4, -0.2) is 25.4 Å². The Morgan fingerprint density at radius 2 is 2.05 bits per heavy atom. The fraction of sp³-hybridized carbons (Fsp3) is 0.0714. The van der Waals surface area contributed by atoms with Crippen LogP contribution in [0.15, 0.2) is 52.0 Å². The van der Waals surface area contributed by atoms with E-state index in [1.54, 1.807) is 43.7 Å². The van der Waals surface area contributed by atoms with Crippen molar-refractivity contribution < 1.29 is 14.4 Å². The number of hydrogen-bond donors (Lipinski definition) is 1. The van der Waals surface area contributed by atoms with Gasteiger partial charge in [-0.1, -0.05) is 17.3 Å². The normalized spacial score (nSPS) is 10.7. The number of nitrogens with zero attached hydrogens (tertiary/aromatic N) is 3. The van der Waals surface area contributed by atoms with Gasteiger partial charge in [-0.05, 0) is 12.1 Å². The molecule has 0 aliphatic rings. The number of para-hydroxylation sites is 1. The maximum absolute atomic E-state index is 12.1. The van der Waals surface area contributed by atoms with Crippen molar-refractivity contribution in [3.63, 3.8) is 0 Å².